The molecule has 9 heteroatoms. The van der Waals surface area contributed by atoms with Gasteiger partial charge in [0, 0.05) is 36.3 Å². The topological polar surface area (TPSA) is 77.0 Å². The number of carbonyl (C=O) groups excluding carboxylic acids is 1. The van der Waals surface area contributed by atoms with Gasteiger partial charge in [-0.25, -0.2) is 13.5 Å². The lowest BCUT2D eigenvalue weighted by Crippen LogP contribution is -2.38. The molecule has 1 aliphatic carbocycles. The van der Waals surface area contributed by atoms with Crippen molar-refractivity contribution in [1.29, 1.82) is 0 Å². The van der Waals surface area contributed by atoms with Crippen molar-refractivity contribution < 1.29 is 18.1 Å². The van der Waals surface area contributed by atoms with Gasteiger partial charge in [-0.1, -0.05) is 5.16 Å². The zero-order valence-corrected chi connectivity index (χ0v) is 16.6. The molecule has 5 rings (SSSR count). The predicted molar refractivity (Wildman–Crippen MR) is 102 cm³/mol. The SMILES string of the molecule is Cc1noc(C2CCN(C(=O)c3nn(-c4ccc(F)c(F)c4)c4c3CCC4)CC2)n1. The molecule has 2 aliphatic rings. The van der Waals surface area contributed by atoms with Gasteiger partial charge >= 0.3 is 0 Å². The Labute approximate surface area is 171 Å². The van der Waals surface area contributed by atoms with E-state index in [1.165, 1.54) is 6.07 Å². The average Bonchev–Trinajstić information content (AvgIpc) is 3.46. The summed E-state index contributed by atoms with van der Waals surface area (Å²) in [5, 5.41) is 8.37. The maximum Gasteiger partial charge on any atom is 0.274 e. The van der Waals surface area contributed by atoms with Crippen LogP contribution in [0.4, 0.5) is 8.78 Å². The van der Waals surface area contributed by atoms with Crippen LogP contribution in [0.2, 0.25) is 0 Å². The Bertz CT molecular complexity index is 1110. The van der Waals surface area contributed by atoms with Gasteiger partial charge in [0.25, 0.3) is 5.91 Å². The van der Waals surface area contributed by atoms with Gasteiger partial charge < -0.3 is 9.42 Å². The van der Waals surface area contributed by atoms with E-state index in [0.29, 0.717) is 36.2 Å². The molecule has 3 heterocycles. The van der Waals surface area contributed by atoms with Crippen molar-refractivity contribution in [2.24, 2.45) is 0 Å². The van der Waals surface area contributed by atoms with Gasteiger partial charge in [0.2, 0.25) is 5.89 Å². The average molecular weight is 413 g/mol. The maximum atomic E-state index is 13.7. The van der Waals surface area contributed by atoms with Crippen LogP contribution in [0, 0.1) is 18.6 Å². The number of fused-ring (bicyclic) bond motifs is 1. The smallest absolute Gasteiger partial charge is 0.274 e. The van der Waals surface area contributed by atoms with Crippen molar-refractivity contribution in [3.05, 3.63) is 58.5 Å². The number of carbonyl (C=O) groups is 1. The minimum Gasteiger partial charge on any atom is -0.339 e. The summed E-state index contributed by atoms with van der Waals surface area (Å²) in [6.07, 6.45) is 3.93. The molecule has 0 saturated carbocycles. The summed E-state index contributed by atoms with van der Waals surface area (Å²) in [6.45, 7) is 2.95. The van der Waals surface area contributed by atoms with Crippen LogP contribution in [0.25, 0.3) is 5.69 Å². The number of hydrogen-bond acceptors (Lipinski definition) is 5. The van der Waals surface area contributed by atoms with Crippen LogP contribution >= 0.6 is 0 Å². The van der Waals surface area contributed by atoms with Gasteiger partial charge in [-0.2, -0.15) is 10.1 Å². The molecule has 0 N–H and O–H groups in total. The summed E-state index contributed by atoms with van der Waals surface area (Å²) in [5.41, 5.74) is 2.66. The Hall–Kier alpha value is -3.10. The van der Waals surface area contributed by atoms with Crippen LogP contribution in [0.5, 0.6) is 0 Å². The number of aryl methyl sites for hydroxylation is 1. The molecule has 156 valence electrons. The first-order valence-electron chi connectivity index (χ1n) is 10.2. The van der Waals surface area contributed by atoms with E-state index < -0.39 is 11.6 Å². The zero-order valence-electron chi connectivity index (χ0n) is 16.6. The van der Waals surface area contributed by atoms with E-state index in [-0.39, 0.29) is 11.8 Å². The number of rotatable bonds is 3. The number of hydrogen-bond donors (Lipinski definition) is 0. The third-order valence-corrected chi connectivity index (χ3v) is 5.96. The van der Waals surface area contributed by atoms with Gasteiger partial charge in [-0.3, -0.25) is 4.79 Å². The highest BCUT2D eigenvalue weighted by atomic mass is 19.2. The first-order chi connectivity index (χ1) is 14.5. The minimum atomic E-state index is -0.930. The van der Waals surface area contributed by atoms with E-state index >= 15 is 0 Å². The molecule has 1 fully saturated rings. The predicted octanol–water partition coefficient (Wildman–Crippen LogP) is 3.35. The van der Waals surface area contributed by atoms with Crippen molar-refractivity contribution in [1.82, 2.24) is 24.8 Å². The highest BCUT2D eigenvalue weighted by Crippen LogP contribution is 2.31. The number of halogens is 2. The van der Waals surface area contributed by atoms with Gasteiger partial charge in [0.15, 0.2) is 23.2 Å². The highest BCUT2D eigenvalue weighted by Gasteiger charge is 2.33. The van der Waals surface area contributed by atoms with Crippen LogP contribution in [-0.4, -0.2) is 43.8 Å². The number of nitrogens with zero attached hydrogens (tertiary/aromatic N) is 5. The Morgan fingerprint density at radius 1 is 1.17 bits per heavy atom. The van der Waals surface area contributed by atoms with E-state index in [0.717, 1.165) is 55.5 Å². The molecule has 1 saturated heterocycles. The summed E-state index contributed by atoms with van der Waals surface area (Å²) >= 11 is 0. The van der Waals surface area contributed by atoms with Crippen molar-refractivity contribution in [2.45, 2.75) is 44.9 Å². The lowest BCUT2D eigenvalue weighted by Gasteiger charge is -2.30. The first kappa shape index (κ1) is 18.9. The first-order valence-corrected chi connectivity index (χ1v) is 10.2. The fourth-order valence-electron chi connectivity index (χ4n) is 4.40. The molecule has 0 atom stereocenters. The fourth-order valence-corrected chi connectivity index (χ4v) is 4.40. The normalized spacial score (nSPS) is 16.8. The number of piperidine rings is 1. The standard InChI is InChI=1S/C21H21F2N5O2/c1-12-24-20(30-26-12)13-7-9-27(10-8-13)21(29)19-15-3-2-4-18(15)28(25-19)14-5-6-16(22)17(23)11-14/h5-6,11,13H,2-4,7-10H2,1H3. The fraction of sp³-hybridized carbons (Fsp3) is 0.429. The van der Waals surface area contributed by atoms with E-state index in [9.17, 15) is 13.6 Å². The summed E-state index contributed by atoms with van der Waals surface area (Å²) in [5.74, 6) is -0.556. The van der Waals surface area contributed by atoms with Crippen LogP contribution in [-0.2, 0) is 12.8 Å². The van der Waals surface area contributed by atoms with Gasteiger partial charge in [0.1, 0.15) is 0 Å². The van der Waals surface area contributed by atoms with Crippen molar-refractivity contribution in [3.8, 4) is 5.69 Å². The molecule has 30 heavy (non-hydrogen) atoms. The molecule has 2 aromatic heterocycles. The third kappa shape index (κ3) is 3.18. The van der Waals surface area contributed by atoms with E-state index in [4.69, 9.17) is 4.52 Å². The van der Waals surface area contributed by atoms with Crippen molar-refractivity contribution in [2.75, 3.05) is 13.1 Å². The Morgan fingerprint density at radius 2 is 1.97 bits per heavy atom. The molecule has 7 nitrogen and oxygen atoms in total. The minimum absolute atomic E-state index is 0.116. The summed E-state index contributed by atoms with van der Waals surface area (Å²) in [4.78, 5) is 19.3. The van der Waals surface area contributed by atoms with Crippen LogP contribution in [0.15, 0.2) is 22.7 Å². The highest BCUT2D eigenvalue weighted by molar-refractivity contribution is 5.94. The molecule has 3 aromatic rings. The van der Waals surface area contributed by atoms with Gasteiger partial charge in [-0.05, 0) is 51.2 Å². The molecule has 1 aromatic carbocycles. The van der Waals surface area contributed by atoms with Gasteiger partial charge in [-0.15, -0.1) is 0 Å². The Balaban J connectivity index is 1.38. The molecule has 0 radical (unpaired) electrons. The Kier molecular flexibility index (Phi) is 4.60. The molecule has 1 amide bonds. The molecular formula is C21H21F2N5O2. The van der Waals surface area contributed by atoms with E-state index in [2.05, 4.69) is 15.2 Å². The molecule has 0 unspecified atom stereocenters. The second-order valence-corrected chi connectivity index (χ2v) is 7.88. The second-order valence-electron chi connectivity index (χ2n) is 7.88. The third-order valence-electron chi connectivity index (χ3n) is 5.96. The van der Waals surface area contributed by atoms with Crippen molar-refractivity contribution >= 4 is 5.91 Å². The molecule has 0 bridgehead atoms. The Morgan fingerprint density at radius 3 is 2.67 bits per heavy atom. The largest absolute Gasteiger partial charge is 0.339 e. The zero-order chi connectivity index (χ0) is 20.8. The van der Waals surface area contributed by atoms with Crippen LogP contribution in [0.1, 0.15) is 58.6 Å². The van der Waals surface area contributed by atoms with Gasteiger partial charge in [0.05, 0.1) is 5.69 Å². The number of likely N-dealkylation sites (tertiary alicyclic amines) is 1. The number of aromatic nitrogens is 4. The quantitative estimate of drug-likeness (QED) is 0.658. The van der Waals surface area contributed by atoms with E-state index in [1.54, 1.807) is 16.5 Å². The summed E-state index contributed by atoms with van der Waals surface area (Å²) in [7, 11) is 0. The van der Waals surface area contributed by atoms with Crippen LogP contribution in [0.3, 0.4) is 0 Å². The van der Waals surface area contributed by atoms with Crippen molar-refractivity contribution in [3.63, 3.8) is 0 Å². The lowest BCUT2D eigenvalue weighted by molar-refractivity contribution is 0.0697. The monoisotopic (exact) mass is 413 g/mol. The van der Waals surface area contributed by atoms with E-state index in [1.807, 2.05) is 0 Å². The second kappa shape index (κ2) is 7.30. The molecular weight excluding hydrogens is 392 g/mol. The number of benzene rings is 1. The summed E-state index contributed by atoms with van der Waals surface area (Å²) in [6, 6.07) is 3.68. The maximum absolute atomic E-state index is 13.7. The van der Waals surface area contributed by atoms with Crippen LogP contribution < -0.4 is 0 Å². The molecule has 1 aliphatic heterocycles. The summed E-state index contributed by atoms with van der Waals surface area (Å²) < 4.78 is 33.9. The lowest BCUT2D eigenvalue weighted by atomic mass is 9.96. The molecule has 0 spiro atoms. The number of amides is 1.